The van der Waals surface area contributed by atoms with Crippen molar-refractivity contribution in [2.45, 2.75) is 63.2 Å². The summed E-state index contributed by atoms with van der Waals surface area (Å²) in [6.45, 7) is 6.78. The maximum Gasteiger partial charge on any atom is 0.303 e. The first-order valence-corrected chi connectivity index (χ1v) is 14.0. The van der Waals surface area contributed by atoms with Crippen molar-refractivity contribution >= 4 is 40.7 Å². The number of carbonyl (C=O) groups excluding carboxylic acids is 2. The number of amides is 1. The fraction of sp³-hybridized carbons (Fsp3) is 0.407. The number of benzene rings is 2. The van der Waals surface area contributed by atoms with E-state index in [4.69, 9.17) is 14.2 Å². The number of aliphatic hydroxyl groups excluding tert-OH is 1. The maximum atomic E-state index is 12.5. The number of aryl methyl sites for hydroxylation is 1. The average molecular weight is 558 g/mol. The minimum absolute atomic E-state index is 0.0256. The molecule has 202 valence electrons. The number of carbonyl (C=O) groups is 2. The van der Waals surface area contributed by atoms with Crippen molar-refractivity contribution < 1.29 is 28.9 Å². The summed E-state index contributed by atoms with van der Waals surface area (Å²) < 4.78 is 18.8. The number of nitrogens with one attached hydrogen (secondary N) is 1. The van der Waals surface area contributed by atoms with Crippen molar-refractivity contribution in [3.05, 3.63) is 70.2 Å². The van der Waals surface area contributed by atoms with Gasteiger partial charge in [0, 0.05) is 29.8 Å². The van der Waals surface area contributed by atoms with Crippen LogP contribution in [0.1, 0.15) is 54.9 Å². The highest BCUT2D eigenvalue weighted by Crippen LogP contribution is 2.43. The number of thioether (sulfide) groups is 1. The monoisotopic (exact) mass is 557 g/mol. The van der Waals surface area contributed by atoms with Crippen LogP contribution in [0.3, 0.4) is 0 Å². The largest absolute Gasteiger partial charge is 0.453 e. The van der Waals surface area contributed by atoms with Gasteiger partial charge in [0.2, 0.25) is 0 Å². The number of rotatable bonds is 9. The van der Waals surface area contributed by atoms with Crippen LogP contribution < -0.4 is 5.32 Å². The Morgan fingerprint density at radius 1 is 1.16 bits per heavy atom. The summed E-state index contributed by atoms with van der Waals surface area (Å²) in [6, 6.07) is 15.0. The van der Waals surface area contributed by atoms with Gasteiger partial charge < -0.3 is 24.6 Å². The zero-order valence-corrected chi connectivity index (χ0v) is 23.3. The molecular formula is C27H31N3O6S2. The lowest BCUT2D eigenvalue weighted by molar-refractivity contribution is -0.268. The van der Waals surface area contributed by atoms with E-state index in [1.54, 1.807) is 35.2 Å². The Kier molecular flexibility index (Phi) is 9.50. The summed E-state index contributed by atoms with van der Waals surface area (Å²) in [5.74, 6) is -0.262. The van der Waals surface area contributed by atoms with Gasteiger partial charge in [0.25, 0.3) is 5.91 Å². The average Bonchev–Trinajstić information content (AvgIpc) is 3.32. The number of anilines is 1. The molecule has 1 saturated heterocycles. The SMILES string of the molecule is CC(=O)O[C@@H](C)C(=O)Nc1cccc(C2O[C@H](CSc3nnc(C)s3)[C@H](C)[C@H](c3ccc(CO)cc3)O2)c1. The molecule has 1 fully saturated rings. The highest BCUT2D eigenvalue weighted by molar-refractivity contribution is 8.01. The van der Waals surface area contributed by atoms with Crippen LogP contribution in [0.5, 0.6) is 0 Å². The van der Waals surface area contributed by atoms with Gasteiger partial charge in [0.1, 0.15) is 5.01 Å². The van der Waals surface area contributed by atoms with Crippen LogP contribution >= 0.6 is 23.1 Å². The minimum Gasteiger partial charge on any atom is -0.453 e. The van der Waals surface area contributed by atoms with Gasteiger partial charge in [0.15, 0.2) is 16.7 Å². The Morgan fingerprint density at radius 2 is 1.92 bits per heavy atom. The quantitative estimate of drug-likeness (QED) is 0.282. The standard InChI is InChI=1S/C27H31N3O6S2/c1-15-23(14-37-27-30-29-17(3)38-27)35-26(36-24(15)20-10-8-19(13-31)9-11-20)21-6-5-7-22(12-21)28-25(33)16(2)34-18(4)32/h5-12,15-16,23-24,26,31H,13-14H2,1-4H3,(H,28,33)/t15-,16-,23+,24+,26?/m0/s1. The fourth-order valence-corrected chi connectivity index (χ4v) is 6.11. The third-order valence-electron chi connectivity index (χ3n) is 6.14. The molecule has 2 aromatic carbocycles. The van der Waals surface area contributed by atoms with Gasteiger partial charge in [-0.05, 0) is 37.1 Å². The van der Waals surface area contributed by atoms with Crippen molar-refractivity contribution in [2.75, 3.05) is 11.1 Å². The van der Waals surface area contributed by atoms with Gasteiger partial charge in [-0.1, -0.05) is 66.4 Å². The van der Waals surface area contributed by atoms with Gasteiger partial charge in [-0.3, -0.25) is 9.59 Å². The van der Waals surface area contributed by atoms with Crippen molar-refractivity contribution in [3.8, 4) is 0 Å². The summed E-state index contributed by atoms with van der Waals surface area (Å²) in [5.41, 5.74) is 3.10. The molecule has 11 heteroatoms. The molecule has 9 nitrogen and oxygen atoms in total. The molecule has 1 aliphatic heterocycles. The summed E-state index contributed by atoms with van der Waals surface area (Å²) in [7, 11) is 0. The van der Waals surface area contributed by atoms with Gasteiger partial charge in [-0.25, -0.2) is 0 Å². The maximum absolute atomic E-state index is 12.5. The molecule has 1 unspecified atom stereocenters. The first-order valence-electron chi connectivity index (χ1n) is 12.2. The van der Waals surface area contributed by atoms with E-state index in [2.05, 4.69) is 22.4 Å². The molecule has 0 aliphatic carbocycles. The number of aromatic nitrogens is 2. The molecule has 0 bridgehead atoms. The Morgan fingerprint density at radius 3 is 2.58 bits per heavy atom. The third kappa shape index (κ3) is 7.17. The van der Waals surface area contributed by atoms with E-state index in [9.17, 15) is 14.7 Å². The summed E-state index contributed by atoms with van der Waals surface area (Å²) in [5, 5.41) is 21.5. The molecule has 38 heavy (non-hydrogen) atoms. The lowest BCUT2D eigenvalue weighted by atomic mass is 9.91. The topological polar surface area (TPSA) is 120 Å². The molecule has 0 saturated carbocycles. The van der Waals surface area contributed by atoms with E-state index < -0.39 is 24.3 Å². The predicted molar refractivity (Wildman–Crippen MR) is 145 cm³/mol. The van der Waals surface area contributed by atoms with Crippen LogP contribution in [0, 0.1) is 12.8 Å². The van der Waals surface area contributed by atoms with E-state index in [1.807, 2.05) is 43.3 Å². The predicted octanol–water partition coefficient (Wildman–Crippen LogP) is 4.81. The van der Waals surface area contributed by atoms with Crippen molar-refractivity contribution in [1.29, 1.82) is 0 Å². The summed E-state index contributed by atoms with van der Waals surface area (Å²) in [4.78, 5) is 23.7. The van der Waals surface area contributed by atoms with Crippen LogP contribution in [-0.4, -0.2) is 45.1 Å². The van der Waals surface area contributed by atoms with Crippen LogP contribution in [-0.2, 0) is 30.4 Å². The molecule has 0 spiro atoms. The Labute approximate surface area is 229 Å². The van der Waals surface area contributed by atoms with Crippen LogP contribution in [0.15, 0.2) is 52.9 Å². The van der Waals surface area contributed by atoms with E-state index in [-0.39, 0.29) is 24.7 Å². The van der Waals surface area contributed by atoms with Gasteiger partial charge >= 0.3 is 5.97 Å². The van der Waals surface area contributed by atoms with E-state index in [1.165, 1.54) is 13.8 Å². The minimum atomic E-state index is -0.921. The Bertz CT molecular complexity index is 1250. The zero-order valence-electron chi connectivity index (χ0n) is 21.6. The van der Waals surface area contributed by atoms with Crippen LogP contribution in [0.4, 0.5) is 5.69 Å². The van der Waals surface area contributed by atoms with Crippen LogP contribution in [0.25, 0.3) is 0 Å². The molecule has 5 atom stereocenters. The number of hydrogen-bond donors (Lipinski definition) is 2. The number of ether oxygens (including phenoxy) is 3. The molecular weight excluding hydrogens is 526 g/mol. The van der Waals surface area contributed by atoms with Crippen molar-refractivity contribution in [1.82, 2.24) is 10.2 Å². The van der Waals surface area contributed by atoms with E-state index in [0.29, 0.717) is 11.4 Å². The lowest BCUT2D eigenvalue weighted by Gasteiger charge is -2.41. The zero-order chi connectivity index (χ0) is 27.2. The first-order chi connectivity index (χ1) is 18.2. The fourth-order valence-electron chi connectivity index (χ4n) is 4.11. The van der Waals surface area contributed by atoms with Crippen molar-refractivity contribution in [2.24, 2.45) is 5.92 Å². The normalized spacial score (nSPS) is 22.0. The number of nitrogens with zero attached hydrogens (tertiary/aromatic N) is 2. The van der Waals surface area contributed by atoms with Gasteiger partial charge in [-0.2, -0.15) is 0 Å². The van der Waals surface area contributed by atoms with Gasteiger partial charge in [-0.15, -0.1) is 10.2 Å². The highest BCUT2D eigenvalue weighted by atomic mass is 32.2. The Balaban J connectivity index is 1.55. The molecule has 4 rings (SSSR count). The second kappa shape index (κ2) is 12.8. The second-order valence-corrected chi connectivity index (χ2v) is 11.5. The molecule has 0 radical (unpaired) electrons. The highest BCUT2D eigenvalue weighted by Gasteiger charge is 2.38. The molecule has 3 aromatic rings. The van der Waals surface area contributed by atoms with E-state index in [0.717, 1.165) is 26.0 Å². The molecule has 1 aromatic heterocycles. The molecule has 1 aliphatic rings. The third-order valence-corrected chi connectivity index (χ3v) is 8.20. The van der Waals surface area contributed by atoms with Crippen molar-refractivity contribution in [3.63, 3.8) is 0 Å². The van der Waals surface area contributed by atoms with Crippen LogP contribution in [0.2, 0.25) is 0 Å². The molecule has 2 N–H and O–H groups in total. The molecule has 1 amide bonds. The molecule has 2 heterocycles. The van der Waals surface area contributed by atoms with E-state index >= 15 is 0 Å². The summed E-state index contributed by atoms with van der Waals surface area (Å²) in [6.07, 6.45) is -2.02. The summed E-state index contributed by atoms with van der Waals surface area (Å²) >= 11 is 3.15. The Hall–Kier alpha value is -2.83. The first kappa shape index (κ1) is 28.2. The smallest absolute Gasteiger partial charge is 0.303 e. The lowest BCUT2D eigenvalue weighted by Crippen LogP contribution is -2.38. The number of aliphatic hydroxyl groups is 1. The second-order valence-electron chi connectivity index (χ2n) is 9.09. The number of hydrogen-bond acceptors (Lipinski definition) is 10. The number of esters is 1. The van der Waals surface area contributed by atoms with Gasteiger partial charge in [0.05, 0.1) is 18.8 Å².